The number of ether oxygens (including phenoxy) is 1. The minimum absolute atomic E-state index is 0.455. The number of rotatable bonds is 4. The van der Waals surface area contributed by atoms with E-state index in [1.54, 1.807) is 0 Å². The average molecular weight is 240 g/mol. The van der Waals surface area contributed by atoms with Gasteiger partial charge in [-0.1, -0.05) is 19.3 Å². The number of hydrogen-bond donors (Lipinski definition) is 1. The van der Waals surface area contributed by atoms with E-state index in [2.05, 4.69) is 11.8 Å². The van der Waals surface area contributed by atoms with Crippen LogP contribution in [0.3, 0.4) is 0 Å². The van der Waals surface area contributed by atoms with Crippen molar-refractivity contribution in [3.05, 3.63) is 0 Å². The molecule has 3 nitrogen and oxygen atoms in total. The molecule has 1 aliphatic heterocycles. The zero-order valence-corrected chi connectivity index (χ0v) is 11.3. The van der Waals surface area contributed by atoms with Gasteiger partial charge in [-0.25, -0.2) is 0 Å². The van der Waals surface area contributed by atoms with Gasteiger partial charge in [0.25, 0.3) is 0 Å². The fraction of sp³-hybridized carbons (Fsp3) is 1.00. The first-order chi connectivity index (χ1) is 8.26. The van der Waals surface area contributed by atoms with E-state index in [1.165, 1.54) is 45.1 Å². The molecular formula is C14H28N2O. The zero-order chi connectivity index (χ0) is 12.1. The molecule has 2 fully saturated rings. The van der Waals surface area contributed by atoms with Gasteiger partial charge in [0.1, 0.15) is 0 Å². The number of morpholine rings is 1. The first kappa shape index (κ1) is 13.3. The van der Waals surface area contributed by atoms with Crippen LogP contribution in [0.1, 0.15) is 45.4 Å². The first-order valence-electron chi connectivity index (χ1n) is 7.28. The molecule has 0 aromatic heterocycles. The molecule has 1 unspecified atom stereocenters. The van der Waals surface area contributed by atoms with Gasteiger partial charge in [-0.15, -0.1) is 0 Å². The SMILES string of the molecule is CC1COCCN1CCC1(CN)CCCCC1. The summed E-state index contributed by atoms with van der Waals surface area (Å²) in [6.07, 6.45) is 8.17. The average Bonchev–Trinajstić information content (AvgIpc) is 2.39. The van der Waals surface area contributed by atoms with Crippen LogP contribution in [0.2, 0.25) is 0 Å². The molecule has 1 atom stereocenters. The second-order valence-corrected chi connectivity index (χ2v) is 5.97. The molecule has 0 spiro atoms. The molecule has 2 rings (SSSR count). The Hall–Kier alpha value is -0.120. The first-order valence-corrected chi connectivity index (χ1v) is 7.28. The molecule has 2 aliphatic rings. The van der Waals surface area contributed by atoms with Crippen LogP contribution >= 0.6 is 0 Å². The summed E-state index contributed by atoms with van der Waals surface area (Å²) in [5.74, 6) is 0. The molecule has 1 heterocycles. The molecular weight excluding hydrogens is 212 g/mol. The summed E-state index contributed by atoms with van der Waals surface area (Å²) in [5.41, 5.74) is 6.50. The van der Waals surface area contributed by atoms with E-state index in [4.69, 9.17) is 10.5 Å². The van der Waals surface area contributed by atoms with Crippen molar-refractivity contribution in [2.24, 2.45) is 11.1 Å². The predicted molar refractivity (Wildman–Crippen MR) is 71.0 cm³/mol. The lowest BCUT2D eigenvalue weighted by Crippen LogP contribution is -2.46. The van der Waals surface area contributed by atoms with Crippen LogP contribution in [0.4, 0.5) is 0 Å². The molecule has 0 aromatic rings. The molecule has 1 saturated carbocycles. The Morgan fingerprint density at radius 3 is 2.71 bits per heavy atom. The van der Waals surface area contributed by atoms with Crippen molar-refractivity contribution in [3.8, 4) is 0 Å². The van der Waals surface area contributed by atoms with Gasteiger partial charge in [-0.3, -0.25) is 4.90 Å². The Morgan fingerprint density at radius 2 is 2.06 bits per heavy atom. The van der Waals surface area contributed by atoms with Crippen LogP contribution in [-0.4, -0.2) is 43.8 Å². The Kier molecular flexibility index (Phi) is 4.83. The van der Waals surface area contributed by atoms with Crippen LogP contribution in [-0.2, 0) is 4.74 Å². The van der Waals surface area contributed by atoms with Crippen molar-refractivity contribution in [2.75, 3.05) is 32.8 Å². The van der Waals surface area contributed by atoms with Gasteiger partial charge < -0.3 is 10.5 Å². The Balaban J connectivity index is 1.82. The van der Waals surface area contributed by atoms with Crippen LogP contribution in [0.15, 0.2) is 0 Å². The predicted octanol–water partition coefficient (Wildman–Crippen LogP) is 2.01. The van der Waals surface area contributed by atoms with Gasteiger partial charge in [0.2, 0.25) is 0 Å². The lowest BCUT2D eigenvalue weighted by Gasteiger charge is -2.40. The second kappa shape index (κ2) is 6.17. The van der Waals surface area contributed by atoms with Gasteiger partial charge in [0, 0.05) is 12.6 Å². The maximum atomic E-state index is 6.05. The summed E-state index contributed by atoms with van der Waals surface area (Å²) in [6, 6.07) is 0.585. The quantitative estimate of drug-likeness (QED) is 0.817. The lowest BCUT2D eigenvalue weighted by molar-refractivity contribution is -0.00791. The number of hydrogen-bond acceptors (Lipinski definition) is 3. The minimum Gasteiger partial charge on any atom is -0.379 e. The molecule has 0 aromatic carbocycles. The maximum absolute atomic E-state index is 6.05. The summed E-state index contributed by atoms with van der Waals surface area (Å²) in [5, 5.41) is 0. The normalized spacial score (nSPS) is 30.4. The van der Waals surface area contributed by atoms with Crippen LogP contribution in [0.5, 0.6) is 0 Å². The van der Waals surface area contributed by atoms with Crippen molar-refractivity contribution in [1.82, 2.24) is 4.90 Å². The molecule has 0 bridgehead atoms. The molecule has 2 N–H and O–H groups in total. The van der Waals surface area contributed by atoms with Crippen molar-refractivity contribution in [2.45, 2.75) is 51.5 Å². The standard InChI is InChI=1S/C14H28N2O/c1-13-11-17-10-9-16(13)8-7-14(12-15)5-3-2-4-6-14/h13H,2-12,15H2,1H3. The minimum atomic E-state index is 0.455. The Morgan fingerprint density at radius 1 is 1.29 bits per heavy atom. The van der Waals surface area contributed by atoms with Crippen molar-refractivity contribution in [3.63, 3.8) is 0 Å². The highest BCUT2D eigenvalue weighted by Crippen LogP contribution is 2.38. The van der Waals surface area contributed by atoms with Gasteiger partial charge in [0.05, 0.1) is 13.2 Å². The summed E-state index contributed by atoms with van der Waals surface area (Å²) in [4.78, 5) is 2.58. The van der Waals surface area contributed by atoms with E-state index in [0.717, 1.165) is 26.3 Å². The van der Waals surface area contributed by atoms with Gasteiger partial charge >= 0.3 is 0 Å². The maximum Gasteiger partial charge on any atom is 0.0619 e. The molecule has 17 heavy (non-hydrogen) atoms. The third kappa shape index (κ3) is 3.43. The van der Waals surface area contributed by atoms with Gasteiger partial charge in [0.15, 0.2) is 0 Å². The molecule has 1 aliphatic carbocycles. The van der Waals surface area contributed by atoms with Crippen molar-refractivity contribution < 1.29 is 4.74 Å². The van der Waals surface area contributed by atoms with Crippen LogP contribution in [0.25, 0.3) is 0 Å². The fourth-order valence-corrected chi connectivity index (χ4v) is 3.33. The summed E-state index contributed by atoms with van der Waals surface area (Å²) in [7, 11) is 0. The van der Waals surface area contributed by atoms with E-state index in [9.17, 15) is 0 Å². The van der Waals surface area contributed by atoms with E-state index >= 15 is 0 Å². The van der Waals surface area contributed by atoms with E-state index in [0.29, 0.717) is 11.5 Å². The fourth-order valence-electron chi connectivity index (χ4n) is 3.33. The van der Waals surface area contributed by atoms with Crippen molar-refractivity contribution >= 4 is 0 Å². The van der Waals surface area contributed by atoms with Gasteiger partial charge in [-0.2, -0.15) is 0 Å². The Labute approximate surface area is 106 Å². The monoisotopic (exact) mass is 240 g/mol. The molecule has 0 radical (unpaired) electrons. The zero-order valence-electron chi connectivity index (χ0n) is 11.3. The largest absolute Gasteiger partial charge is 0.379 e. The third-order valence-electron chi connectivity index (χ3n) is 4.78. The van der Waals surface area contributed by atoms with Crippen LogP contribution < -0.4 is 5.73 Å². The van der Waals surface area contributed by atoms with Gasteiger partial charge in [-0.05, 0) is 44.7 Å². The summed E-state index contributed by atoms with van der Waals surface area (Å²) < 4.78 is 5.49. The third-order valence-corrected chi connectivity index (χ3v) is 4.78. The lowest BCUT2D eigenvalue weighted by atomic mass is 9.72. The topological polar surface area (TPSA) is 38.5 Å². The highest BCUT2D eigenvalue weighted by molar-refractivity contribution is 4.85. The molecule has 3 heteroatoms. The van der Waals surface area contributed by atoms with E-state index in [1.807, 2.05) is 0 Å². The summed E-state index contributed by atoms with van der Waals surface area (Å²) in [6.45, 7) is 7.26. The highest BCUT2D eigenvalue weighted by atomic mass is 16.5. The van der Waals surface area contributed by atoms with Crippen molar-refractivity contribution in [1.29, 1.82) is 0 Å². The Bertz CT molecular complexity index is 226. The van der Waals surface area contributed by atoms with E-state index < -0.39 is 0 Å². The molecule has 1 saturated heterocycles. The number of nitrogens with zero attached hydrogens (tertiary/aromatic N) is 1. The molecule has 0 amide bonds. The molecule has 100 valence electrons. The highest BCUT2D eigenvalue weighted by Gasteiger charge is 2.31. The smallest absolute Gasteiger partial charge is 0.0619 e. The number of nitrogens with two attached hydrogens (primary N) is 1. The second-order valence-electron chi connectivity index (χ2n) is 5.97. The van der Waals surface area contributed by atoms with E-state index in [-0.39, 0.29) is 0 Å². The summed E-state index contributed by atoms with van der Waals surface area (Å²) >= 11 is 0. The van der Waals surface area contributed by atoms with Crippen LogP contribution in [0, 0.1) is 5.41 Å².